The maximum Gasteiger partial charge on any atom is 0.237 e. The van der Waals surface area contributed by atoms with Crippen LogP contribution in [0.1, 0.15) is 41.5 Å². The number of carbonyl (C=O) groups is 1. The van der Waals surface area contributed by atoms with Gasteiger partial charge in [0, 0.05) is 0 Å². The Kier molecular flexibility index (Phi) is 4.31. The van der Waals surface area contributed by atoms with E-state index in [0.29, 0.717) is 0 Å². The quantitative estimate of drug-likeness (QED) is 0.648. The number of hydrogen-bond acceptors (Lipinski definition) is 3. The molecule has 15 heavy (non-hydrogen) atoms. The van der Waals surface area contributed by atoms with Crippen LogP contribution in [-0.2, 0) is 4.79 Å². The summed E-state index contributed by atoms with van der Waals surface area (Å²) in [5.74, 6) is -0.228. The maximum absolute atomic E-state index is 11.8. The molecule has 1 unspecified atom stereocenters. The Bertz CT molecular complexity index is 229. The number of nitrogens with two attached hydrogens (primary N) is 1. The number of carbonyl (C=O) groups excluding carboxylic acids is 1. The zero-order valence-electron chi connectivity index (χ0n) is 10.6. The van der Waals surface area contributed by atoms with Gasteiger partial charge in [-0.3, -0.25) is 4.79 Å². The standard InChI is InChI=1S/C11H24N2O2/c1-7(14)11(5,6)13-9(15)8(12)10(2,3)4/h7-8,14H,12H2,1-6H3,(H,13,15)/t7?,8-/m1/s1. The Balaban J connectivity index is 4.51. The molecule has 0 aromatic heterocycles. The Morgan fingerprint density at radius 1 is 1.27 bits per heavy atom. The highest BCUT2D eigenvalue weighted by Gasteiger charge is 2.33. The lowest BCUT2D eigenvalue weighted by Gasteiger charge is -2.33. The lowest BCUT2D eigenvalue weighted by molar-refractivity contribution is -0.127. The van der Waals surface area contributed by atoms with E-state index in [0.717, 1.165) is 0 Å². The molecule has 2 atom stereocenters. The van der Waals surface area contributed by atoms with Crippen molar-refractivity contribution in [1.82, 2.24) is 5.32 Å². The molecular formula is C11H24N2O2. The van der Waals surface area contributed by atoms with Crippen LogP contribution in [0.5, 0.6) is 0 Å². The maximum atomic E-state index is 11.8. The number of amides is 1. The van der Waals surface area contributed by atoms with Crippen molar-refractivity contribution in [3.8, 4) is 0 Å². The summed E-state index contributed by atoms with van der Waals surface area (Å²) < 4.78 is 0. The molecule has 0 aromatic rings. The normalized spacial score (nSPS) is 17.1. The summed E-state index contributed by atoms with van der Waals surface area (Å²) in [5, 5.41) is 12.2. The molecule has 1 amide bonds. The van der Waals surface area contributed by atoms with E-state index in [-0.39, 0.29) is 11.3 Å². The fraction of sp³-hybridized carbons (Fsp3) is 0.909. The van der Waals surface area contributed by atoms with Crippen LogP contribution < -0.4 is 11.1 Å². The van der Waals surface area contributed by atoms with Crippen molar-refractivity contribution in [2.45, 2.75) is 59.2 Å². The lowest BCUT2D eigenvalue weighted by atomic mass is 9.86. The summed E-state index contributed by atoms with van der Waals surface area (Å²) >= 11 is 0. The van der Waals surface area contributed by atoms with Crippen molar-refractivity contribution in [3.63, 3.8) is 0 Å². The monoisotopic (exact) mass is 216 g/mol. The highest BCUT2D eigenvalue weighted by atomic mass is 16.3. The van der Waals surface area contributed by atoms with E-state index in [1.165, 1.54) is 0 Å². The first-order valence-electron chi connectivity index (χ1n) is 5.24. The summed E-state index contributed by atoms with van der Waals surface area (Å²) in [6.45, 7) is 10.9. The first kappa shape index (κ1) is 14.4. The largest absolute Gasteiger partial charge is 0.391 e. The molecule has 0 radical (unpaired) electrons. The molecule has 0 aliphatic heterocycles. The molecule has 90 valence electrons. The highest BCUT2D eigenvalue weighted by molar-refractivity contribution is 5.83. The van der Waals surface area contributed by atoms with Crippen LogP contribution >= 0.6 is 0 Å². The summed E-state index contributed by atoms with van der Waals surface area (Å²) in [6, 6.07) is -0.574. The molecule has 0 aliphatic rings. The van der Waals surface area contributed by atoms with Crippen LogP contribution in [0.2, 0.25) is 0 Å². The van der Waals surface area contributed by atoms with Gasteiger partial charge >= 0.3 is 0 Å². The van der Waals surface area contributed by atoms with Gasteiger partial charge in [-0.15, -0.1) is 0 Å². The molecule has 0 rings (SSSR count). The second kappa shape index (κ2) is 4.49. The zero-order valence-corrected chi connectivity index (χ0v) is 10.6. The van der Waals surface area contributed by atoms with Crippen LogP contribution in [0.4, 0.5) is 0 Å². The number of hydrogen-bond donors (Lipinski definition) is 3. The number of nitrogens with one attached hydrogen (secondary N) is 1. The van der Waals surface area contributed by atoms with Crippen molar-refractivity contribution in [1.29, 1.82) is 0 Å². The Morgan fingerprint density at radius 3 is 1.93 bits per heavy atom. The van der Waals surface area contributed by atoms with Gasteiger partial charge in [0.25, 0.3) is 0 Å². The van der Waals surface area contributed by atoms with Crippen LogP contribution in [0.15, 0.2) is 0 Å². The number of aliphatic hydroxyl groups is 1. The van der Waals surface area contributed by atoms with Crippen LogP contribution in [-0.4, -0.2) is 28.7 Å². The van der Waals surface area contributed by atoms with Crippen molar-refractivity contribution >= 4 is 5.91 Å². The van der Waals surface area contributed by atoms with E-state index < -0.39 is 17.7 Å². The summed E-state index contributed by atoms with van der Waals surface area (Å²) in [4.78, 5) is 11.8. The second-order valence-corrected chi connectivity index (χ2v) is 5.73. The van der Waals surface area contributed by atoms with Gasteiger partial charge in [-0.1, -0.05) is 20.8 Å². The Labute approximate surface area is 92.2 Å². The molecule has 0 heterocycles. The van der Waals surface area contributed by atoms with Crippen molar-refractivity contribution in [2.24, 2.45) is 11.1 Å². The topological polar surface area (TPSA) is 75.3 Å². The first-order valence-corrected chi connectivity index (χ1v) is 5.24. The van der Waals surface area contributed by atoms with Gasteiger partial charge in [0.15, 0.2) is 0 Å². The van der Waals surface area contributed by atoms with Crippen molar-refractivity contribution < 1.29 is 9.90 Å². The zero-order chi connectivity index (χ0) is 12.4. The van der Waals surface area contributed by atoms with Gasteiger partial charge < -0.3 is 16.2 Å². The van der Waals surface area contributed by atoms with E-state index in [9.17, 15) is 9.90 Å². The molecule has 0 saturated heterocycles. The SMILES string of the molecule is CC(O)C(C)(C)NC(=O)[C@@H](N)C(C)(C)C. The van der Waals surface area contributed by atoms with Crippen molar-refractivity contribution in [3.05, 3.63) is 0 Å². The molecule has 0 aromatic carbocycles. The van der Waals surface area contributed by atoms with E-state index in [1.54, 1.807) is 20.8 Å². The van der Waals surface area contributed by atoms with Gasteiger partial charge in [0.2, 0.25) is 5.91 Å². The van der Waals surface area contributed by atoms with Crippen molar-refractivity contribution in [2.75, 3.05) is 0 Å². The minimum Gasteiger partial charge on any atom is -0.391 e. The molecule has 4 nitrogen and oxygen atoms in total. The molecule has 0 aliphatic carbocycles. The summed E-state index contributed by atoms with van der Waals surface area (Å²) in [6.07, 6.45) is -0.617. The van der Waals surface area contributed by atoms with Gasteiger partial charge in [-0.2, -0.15) is 0 Å². The second-order valence-electron chi connectivity index (χ2n) is 5.73. The van der Waals surface area contributed by atoms with E-state index in [2.05, 4.69) is 5.32 Å². The van der Waals surface area contributed by atoms with Gasteiger partial charge in [-0.05, 0) is 26.2 Å². The first-order chi connectivity index (χ1) is 6.48. The van der Waals surface area contributed by atoms with Crippen LogP contribution in [0.3, 0.4) is 0 Å². The minimum atomic E-state index is -0.653. The van der Waals surface area contributed by atoms with Gasteiger partial charge in [0.05, 0.1) is 17.7 Å². The third-order valence-corrected chi connectivity index (χ3v) is 2.71. The third-order valence-electron chi connectivity index (χ3n) is 2.71. The van der Waals surface area contributed by atoms with Gasteiger partial charge in [-0.25, -0.2) is 0 Å². The van der Waals surface area contributed by atoms with Crippen LogP contribution in [0, 0.1) is 5.41 Å². The average molecular weight is 216 g/mol. The van der Waals surface area contributed by atoms with Crippen LogP contribution in [0.25, 0.3) is 0 Å². The Hall–Kier alpha value is -0.610. The summed E-state index contributed by atoms with van der Waals surface area (Å²) in [5.41, 5.74) is 4.88. The Morgan fingerprint density at radius 2 is 1.67 bits per heavy atom. The average Bonchev–Trinajstić information content (AvgIpc) is 2.00. The lowest BCUT2D eigenvalue weighted by Crippen LogP contribution is -2.58. The fourth-order valence-electron chi connectivity index (χ4n) is 0.893. The smallest absolute Gasteiger partial charge is 0.237 e. The molecule has 4 heteroatoms. The predicted octanol–water partition coefficient (Wildman–Crippen LogP) is 0.635. The highest BCUT2D eigenvalue weighted by Crippen LogP contribution is 2.18. The molecule has 0 saturated carbocycles. The molecule has 0 spiro atoms. The molecule has 4 N–H and O–H groups in total. The molecular weight excluding hydrogens is 192 g/mol. The third kappa shape index (κ3) is 4.18. The van der Waals surface area contributed by atoms with Gasteiger partial charge in [0.1, 0.15) is 0 Å². The fourth-order valence-corrected chi connectivity index (χ4v) is 0.893. The van der Waals surface area contributed by atoms with E-state index in [4.69, 9.17) is 5.73 Å². The summed E-state index contributed by atoms with van der Waals surface area (Å²) in [7, 11) is 0. The van der Waals surface area contributed by atoms with E-state index in [1.807, 2.05) is 20.8 Å². The molecule has 0 bridgehead atoms. The number of rotatable bonds is 3. The number of aliphatic hydroxyl groups excluding tert-OH is 1. The van der Waals surface area contributed by atoms with E-state index >= 15 is 0 Å². The minimum absolute atomic E-state index is 0.228. The predicted molar refractivity (Wildman–Crippen MR) is 61.3 cm³/mol. The molecule has 0 fully saturated rings.